The molecule has 21 heavy (non-hydrogen) atoms. The fourth-order valence-electron chi connectivity index (χ4n) is 1.96. The monoisotopic (exact) mass is 354 g/mol. The lowest BCUT2D eigenvalue weighted by molar-refractivity contribution is -0.122. The molecule has 0 fully saturated rings. The summed E-state index contributed by atoms with van der Waals surface area (Å²) in [6.45, 7) is 9.67. The molecule has 0 saturated carbocycles. The van der Waals surface area contributed by atoms with Gasteiger partial charge in [0.1, 0.15) is 0 Å². The molecule has 0 spiro atoms. The summed E-state index contributed by atoms with van der Waals surface area (Å²) in [5.41, 5.74) is 1.61. The molecule has 5 heteroatoms. The zero-order valence-electron chi connectivity index (χ0n) is 13.3. The number of rotatable bonds is 4. The van der Waals surface area contributed by atoms with Crippen molar-refractivity contribution in [2.75, 3.05) is 11.4 Å². The molecule has 1 N–H and O–H groups in total. The minimum absolute atomic E-state index is 0.0532. The molecule has 0 aliphatic heterocycles. The predicted molar refractivity (Wildman–Crippen MR) is 89.4 cm³/mol. The summed E-state index contributed by atoms with van der Waals surface area (Å²) in [5, 5.41) is 2.90. The van der Waals surface area contributed by atoms with E-state index < -0.39 is 0 Å². The lowest BCUT2D eigenvalue weighted by Crippen LogP contribution is -2.42. The molecule has 0 saturated heterocycles. The maximum atomic E-state index is 11.9. The van der Waals surface area contributed by atoms with E-state index >= 15 is 0 Å². The third-order valence-corrected chi connectivity index (χ3v) is 3.80. The molecular weight excluding hydrogens is 332 g/mol. The van der Waals surface area contributed by atoms with Crippen LogP contribution in [0.25, 0.3) is 0 Å². The molecule has 2 amide bonds. The van der Waals surface area contributed by atoms with E-state index in [-0.39, 0.29) is 23.8 Å². The van der Waals surface area contributed by atoms with Gasteiger partial charge in [0.25, 0.3) is 0 Å². The van der Waals surface area contributed by atoms with E-state index in [0.29, 0.717) is 6.54 Å². The number of carbonyl (C=O) groups is 2. The van der Waals surface area contributed by atoms with Crippen LogP contribution in [-0.2, 0) is 9.59 Å². The predicted octanol–water partition coefficient (Wildman–Crippen LogP) is 3.42. The van der Waals surface area contributed by atoms with Gasteiger partial charge < -0.3 is 10.2 Å². The van der Waals surface area contributed by atoms with Crippen LogP contribution in [0.2, 0.25) is 0 Å². The number of aryl methyl sites for hydroxylation is 1. The maximum absolute atomic E-state index is 11.9. The van der Waals surface area contributed by atoms with Crippen LogP contribution in [-0.4, -0.2) is 23.9 Å². The number of hydrogen-bond donors (Lipinski definition) is 1. The van der Waals surface area contributed by atoms with Gasteiger partial charge in [-0.3, -0.25) is 9.59 Å². The van der Waals surface area contributed by atoms with Crippen molar-refractivity contribution in [3.8, 4) is 0 Å². The van der Waals surface area contributed by atoms with Crippen molar-refractivity contribution in [1.82, 2.24) is 5.32 Å². The van der Waals surface area contributed by atoms with E-state index in [0.717, 1.165) is 15.7 Å². The summed E-state index contributed by atoms with van der Waals surface area (Å²) in [5.74, 6) is -0.122. The smallest absolute Gasteiger partial charge is 0.223 e. The van der Waals surface area contributed by atoms with Gasteiger partial charge in [0.2, 0.25) is 11.8 Å². The van der Waals surface area contributed by atoms with Gasteiger partial charge in [0, 0.05) is 35.6 Å². The number of hydrogen-bond acceptors (Lipinski definition) is 2. The minimum atomic E-state index is -0.258. The van der Waals surface area contributed by atoms with Crippen molar-refractivity contribution < 1.29 is 9.59 Å². The van der Waals surface area contributed by atoms with Gasteiger partial charge >= 0.3 is 0 Å². The summed E-state index contributed by atoms with van der Waals surface area (Å²) < 4.78 is 1.00. The van der Waals surface area contributed by atoms with Gasteiger partial charge in [0.05, 0.1) is 0 Å². The van der Waals surface area contributed by atoms with Crippen molar-refractivity contribution in [3.05, 3.63) is 28.2 Å². The first kappa shape index (κ1) is 17.7. The highest BCUT2D eigenvalue weighted by molar-refractivity contribution is 9.10. The Labute approximate surface area is 135 Å². The molecule has 1 rings (SSSR count). The number of amides is 2. The Morgan fingerprint density at radius 1 is 1.29 bits per heavy atom. The minimum Gasteiger partial charge on any atom is -0.351 e. The van der Waals surface area contributed by atoms with Crippen molar-refractivity contribution in [2.45, 2.75) is 46.6 Å². The molecule has 4 nitrogen and oxygen atoms in total. The summed E-state index contributed by atoms with van der Waals surface area (Å²) in [6, 6.07) is 5.73. The average molecular weight is 355 g/mol. The quantitative estimate of drug-likeness (QED) is 0.900. The summed E-state index contributed by atoms with van der Waals surface area (Å²) in [4.78, 5) is 25.3. The molecule has 1 aromatic carbocycles. The molecule has 0 unspecified atom stereocenters. The third kappa shape index (κ3) is 5.87. The van der Waals surface area contributed by atoms with E-state index in [9.17, 15) is 9.59 Å². The molecule has 0 radical (unpaired) electrons. The van der Waals surface area contributed by atoms with Crippen LogP contribution >= 0.6 is 15.9 Å². The number of anilines is 1. The molecule has 0 bridgehead atoms. The number of nitrogens with one attached hydrogen (secondary N) is 1. The first-order chi connectivity index (χ1) is 9.60. The normalized spacial score (nSPS) is 11.1. The van der Waals surface area contributed by atoms with Crippen molar-refractivity contribution in [1.29, 1.82) is 0 Å². The topological polar surface area (TPSA) is 49.4 Å². The molecule has 1 aromatic rings. The SMILES string of the molecule is CC(=O)N(CCC(=O)NC(C)(C)C)c1ccc(Br)c(C)c1. The maximum Gasteiger partial charge on any atom is 0.223 e. The van der Waals surface area contributed by atoms with E-state index in [1.54, 1.807) is 4.90 Å². The van der Waals surface area contributed by atoms with Gasteiger partial charge in [-0.25, -0.2) is 0 Å². The second-order valence-corrected chi connectivity index (χ2v) is 7.01. The fourth-order valence-corrected chi connectivity index (χ4v) is 2.21. The van der Waals surface area contributed by atoms with Crippen LogP contribution in [0.5, 0.6) is 0 Å². The van der Waals surface area contributed by atoms with Gasteiger partial charge in [-0.2, -0.15) is 0 Å². The van der Waals surface area contributed by atoms with Crippen LogP contribution in [0.3, 0.4) is 0 Å². The van der Waals surface area contributed by atoms with Crippen LogP contribution in [0.4, 0.5) is 5.69 Å². The van der Waals surface area contributed by atoms with Crippen LogP contribution in [0, 0.1) is 6.92 Å². The second-order valence-electron chi connectivity index (χ2n) is 6.15. The highest BCUT2D eigenvalue weighted by Crippen LogP contribution is 2.23. The fraction of sp³-hybridized carbons (Fsp3) is 0.500. The Bertz CT molecular complexity index is 536. The lowest BCUT2D eigenvalue weighted by atomic mass is 10.1. The van der Waals surface area contributed by atoms with Gasteiger partial charge in [-0.05, 0) is 51.5 Å². The van der Waals surface area contributed by atoms with Gasteiger partial charge in [-0.15, -0.1) is 0 Å². The summed E-state index contributed by atoms with van der Waals surface area (Å²) in [7, 11) is 0. The zero-order valence-corrected chi connectivity index (χ0v) is 14.9. The zero-order chi connectivity index (χ0) is 16.2. The largest absolute Gasteiger partial charge is 0.351 e. The van der Waals surface area contributed by atoms with E-state index in [1.807, 2.05) is 45.9 Å². The Kier molecular flexibility index (Phi) is 5.96. The molecular formula is C16H23BrN2O2. The van der Waals surface area contributed by atoms with Crippen molar-refractivity contribution in [3.63, 3.8) is 0 Å². The average Bonchev–Trinajstić information content (AvgIpc) is 2.31. The molecule has 116 valence electrons. The number of carbonyl (C=O) groups excluding carboxylic acids is 2. The molecule has 0 aliphatic rings. The molecule has 0 heterocycles. The highest BCUT2D eigenvalue weighted by Gasteiger charge is 2.17. The van der Waals surface area contributed by atoms with Crippen LogP contribution in [0.1, 0.15) is 39.7 Å². The van der Waals surface area contributed by atoms with Gasteiger partial charge in [-0.1, -0.05) is 15.9 Å². The van der Waals surface area contributed by atoms with Crippen molar-refractivity contribution >= 4 is 33.4 Å². The molecule has 0 aliphatic carbocycles. The number of nitrogens with zero attached hydrogens (tertiary/aromatic N) is 1. The first-order valence-electron chi connectivity index (χ1n) is 6.95. The Morgan fingerprint density at radius 2 is 1.90 bits per heavy atom. The van der Waals surface area contributed by atoms with Gasteiger partial charge in [0.15, 0.2) is 0 Å². The first-order valence-corrected chi connectivity index (χ1v) is 7.75. The number of halogens is 1. The molecule has 0 atom stereocenters. The Hall–Kier alpha value is -1.36. The second kappa shape index (κ2) is 7.07. The van der Waals surface area contributed by atoms with Crippen LogP contribution < -0.4 is 10.2 Å². The number of benzene rings is 1. The van der Waals surface area contributed by atoms with Crippen LogP contribution in [0.15, 0.2) is 22.7 Å². The Morgan fingerprint density at radius 3 is 2.38 bits per heavy atom. The lowest BCUT2D eigenvalue weighted by Gasteiger charge is -2.24. The standard InChI is InChI=1S/C16H23BrN2O2/c1-11-10-13(6-7-14(11)17)19(12(2)20)9-8-15(21)18-16(3,4)5/h6-7,10H,8-9H2,1-5H3,(H,18,21). The Balaban J connectivity index is 2.77. The van der Waals surface area contributed by atoms with Crippen molar-refractivity contribution in [2.24, 2.45) is 0 Å². The van der Waals surface area contributed by atoms with E-state index in [4.69, 9.17) is 0 Å². The highest BCUT2D eigenvalue weighted by atomic mass is 79.9. The summed E-state index contributed by atoms with van der Waals surface area (Å²) >= 11 is 3.44. The van der Waals surface area contributed by atoms with E-state index in [1.165, 1.54) is 6.92 Å². The molecule has 0 aromatic heterocycles. The third-order valence-electron chi connectivity index (χ3n) is 2.91. The van der Waals surface area contributed by atoms with E-state index in [2.05, 4.69) is 21.2 Å². The summed E-state index contributed by atoms with van der Waals surface area (Å²) in [6.07, 6.45) is 0.284.